The quantitative estimate of drug-likeness (QED) is 0.608. The number of thiazole rings is 1. The standard InChI is InChI=1S/C17H13IN2OS/c1-11-15(12-6-3-2-4-7-12)19-17(22-11)20-16(21)13-8-5-9-14(18)10-13/h2-10H,1H3,(H,19,20,21). The summed E-state index contributed by atoms with van der Waals surface area (Å²) in [5, 5.41) is 3.51. The van der Waals surface area contributed by atoms with Crippen LogP contribution in [0.2, 0.25) is 0 Å². The Morgan fingerprint density at radius 1 is 1.14 bits per heavy atom. The Labute approximate surface area is 146 Å². The van der Waals surface area contributed by atoms with Crippen molar-refractivity contribution in [3.8, 4) is 11.3 Å². The lowest BCUT2D eigenvalue weighted by atomic mass is 10.1. The second-order valence-electron chi connectivity index (χ2n) is 4.75. The average molecular weight is 420 g/mol. The molecule has 5 heteroatoms. The van der Waals surface area contributed by atoms with Gasteiger partial charge in [0, 0.05) is 19.6 Å². The molecule has 0 atom stereocenters. The average Bonchev–Trinajstić information content (AvgIpc) is 2.88. The normalized spacial score (nSPS) is 10.5. The van der Waals surface area contributed by atoms with Gasteiger partial charge in [-0.05, 0) is 47.7 Å². The molecule has 0 aliphatic heterocycles. The monoisotopic (exact) mass is 420 g/mol. The summed E-state index contributed by atoms with van der Waals surface area (Å²) < 4.78 is 1.03. The van der Waals surface area contributed by atoms with E-state index in [-0.39, 0.29) is 5.91 Å². The molecule has 3 aromatic rings. The Bertz CT molecular complexity index is 815. The lowest BCUT2D eigenvalue weighted by Crippen LogP contribution is -2.11. The van der Waals surface area contributed by atoms with Gasteiger partial charge in [0.05, 0.1) is 5.69 Å². The largest absolute Gasteiger partial charge is 0.298 e. The third-order valence-corrected chi connectivity index (χ3v) is 4.71. The number of carbonyl (C=O) groups excluding carboxylic acids is 1. The van der Waals surface area contributed by atoms with Crippen molar-refractivity contribution in [1.82, 2.24) is 4.98 Å². The fourth-order valence-corrected chi connectivity index (χ4v) is 3.49. The zero-order chi connectivity index (χ0) is 15.5. The first-order chi connectivity index (χ1) is 10.6. The van der Waals surface area contributed by atoms with Crippen molar-refractivity contribution in [3.05, 3.63) is 68.6 Å². The Morgan fingerprint density at radius 2 is 1.91 bits per heavy atom. The first kappa shape index (κ1) is 15.2. The number of nitrogens with one attached hydrogen (secondary N) is 1. The van der Waals surface area contributed by atoms with E-state index < -0.39 is 0 Å². The summed E-state index contributed by atoms with van der Waals surface area (Å²) in [5.74, 6) is -0.133. The summed E-state index contributed by atoms with van der Waals surface area (Å²) in [6.45, 7) is 2.01. The highest BCUT2D eigenvalue weighted by Crippen LogP contribution is 2.30. The molecule has 22 heavy (non-hydrogen) atoms. The summed E-state index contributed by atoms with van der Waals surface area (Å²) in [5.41, 5.74) is 2.62. The minimum Gasteiger partial charge on any atom is -0.298 e. The van der Waals surface area contributed by atoms with Crippen LogP contribution in [0.5, 0.6) is 0 Å². The van der Waals surface area contributed by atoms with Gasteiger partial charge in [0.25, 0.3) is 5.91 Å². The molecular formula is C17H13IN2OS. The van der Waals surface area contributed by atoms with Crippen LogP contribution in [0, 0.1) is 10.5 Å². The third-order valence-electron chi connectivity index (χ3n) is 3.15. The molecule has 0 aliphatic carbocycles. The number of aromatic nitrogens is 1. The van der Waals surface area contributed by atoms with Gasteiger partial charge in [-0.15, -0.1) is 11.3 Å². The van der Waals surface area contributed by atoms with Gasteiger partial charge in [-0.25, -0.2) is 4.98 Å². The molecule has 0 unspecified atom stereocenters. The minimum atomic E-state index is -0.133. The summed E-state index contributed by atoms with van der Waals surface area (Å²) in [7, 11) is 0. The number of halogens is 1. The van der Waals surface area contributed by atoms with Crippen molar-refractivity contribution in [2.24, 2.45) is 0 Å². The maximum absolute atomic E-state index is 12.3. The number of benzene rings is 2. The smallest absolute Gasteiger partial charge is 0.257 e. The van der Waals surface area contributed by atoms with Crippen molar-refractivity contribution in [1.29, 1.82) is 0 Å². The summed E-state index contributed by atoms with van der Waals surface area (Å²) >= 11 is 3.69. The molecule has 0 saturated heterocycles. The van der Waals surface area contributed by atoms with Gasteiger partial charge >= 0.3 is 0 Å². The molecule has 3 nitrogen and oxygen atoms in total. The highest BCUT2D eigenvalue weighted by atomic mass is 127. The van der Waals surface area contributed by atoms with E-state index in [2.05, 4.69) is 32.9 Å². The molecular weight excluding hydrogens is 407 g/mol. The van der Waals surface area contributed by atoms with Gasteiger partial charge < -0.3 is 0 Å². The molecule has 1 aromatic heterocycles. The van der Waals surface area contributed by atoms with Gasteiger partial charge in [0.15, 0.2) is 5.13 Å². The highest BCUT2D eigenvalue weighted by molar-refractivity contribution is 14.1. The number of hydrogen-bond donors (Lipinski definition) is 1. The van der Waals surface area contributed by atoms with Crippen LogP contribution in [0.1, 0.15) is 15.2 Å². The third kappa shape index (κ3) is 3.36. The van der Waals surface area contributed by atoms with E-state index in [1.165, 1.54) is 11.3 Å². The van der Waals surface area contributed by atoms with Crippen LogP contribution >= 0.6 is 33.9 Å². The lowest BCUT2D eigenvalue weighted by Gasteiger charge is -2.02. The molecule has 1 N–H and O–H groups in total. The fraction of sp³-hybridized carbons (Fsp3) is 0.0588. The fourth-order valence-electron chi connectivity index (χ4n) is 2.11. The van der Waals surface area contributed by atoms with Crippen LogP contribution in [0.3, 0.4) is 0 Å². The molecule has 1 heterocycles. The maximum atomic E-state index is 12.3. The maximum Gasteiger partial charge on any atom is 0.257 e. The summed E-state index contributed by atoms with van der Waals surface area (Å²) in [4.78, 5) is 17.9. The van der Waals surface area contributed by atoms with Crippen molar-refractivity contribution in [2.45, 2.75) is 6.92 Å². The lowest BCUT2D eigenvalue weighted by molar-refractivity contribution is 0.102. The van der Waals surface area contributed by atoms with E-state index in [0.717, 1.165) is 19.7 Å². The minimum absolute atomic E-state index is 0.133. The van der Waals surface area contributed by atoms with E-state index in [1.54, 1.807) is 6.07 Å². The van der Waals surface area contributed by atoms with Crippen LogP contribution in [-0.4, -0.2) is 10.9 Å². The Kier molecular flexibility index (Phi) is 4.54. The molecule has 0 fully saturated rings. The van der Waals surface area contributed by atoms with Crippen molar-refractivity contribution in [3.63, 3.8) is 0 Å². The first-order valence-corrected chi connectivity index (χ1v) is 8.63. The van der Waals surface area contributed by atoms with Crippen LogP contribution in [-0.2, 0) is 0 Å². The number of rotatable bonds is 3. The van der Waals surface area contributed by atoms with E-state index in [4.69, 9.17) is 0 Å². The van der Waals surface area contributed by atoms with Crippen LogP contribution in [0.4, 0.5) is 5.13 Å². The molecule has 0 bridgehead atoms. The molecule has 0 aliphatic rings. The zero-order valence-electron chi connectivity index (χ0n) is 11.8. The molecule has 110 valence electrons. The Morgan fingerprint density at radius 3 is 2.64 bits per heavy atom. The second kappa shape index (κ2) is 6.58. The van der Waals surface area contributed by atoms with Gasteiger partial charge in [0.2, 0.25) is 0 Å². The predicted molar refractivity (Wildman–Crippen MR) is 99.4 cm³/mol. The number of aryl methyl sites for hydroxylation is 1. The Balaban J connectivity index is 1.84. The highest BCUT2D eigenvalue weighted by Gasteiger charge is 2.13. The molecule has 0 radical (unpaired) electrons. The molecule has 1 amide bonds. The summed E-state index contributed by atoms with van der Waals surface area (Å²) in [6.07, 6.45) is 0. The van der Waals surface area contributed by atoms with E-state index in [9.17, 15) is 4.79 Å². The summed E-state index contributed by atoms with van der Waals surface area (Å²) in [6, 6.07) is 17.5. The van der Waals surface area contributed by atoms with E-state index in [1.807, 2.05) is 55.5 Å². The van der Waals surface area contributed by atoms with Crippen LogP contribution < -0.4 is 5.32 Å². The zero-order valence-corrected chi connectivity index (χ0v) is 14.8. The van der Waals surface area contributed by atoms with Gasteiger partial charge in [-0.2, -0.15) is 0 Å². The number of hydrogen-bond acceptors (Lipinski definition) is 3. The molecule has 0 spiro atoms. The number of carbonyl (C=O) groups is 1. The van der Waals surface area contributed by atoms with Crippen molar-refractivity contribution in [2.75, 3.05) is 5.32 Å². The number of anilines is 1. The Hall–Kier alpha value is -1.73. The molecule has 0 saturated carbocycles. The topological polar surface area (TPSA) is 42.0 Å². The second-order valence-corrected chi connectivity index (χ2v) is 7.20. The van der Waals surface area contributed by atoms with Crippen molar-refractivity contribution < 1.29 is 4.79 Å². The van der Waals surface area contributed by atoms with Crippen LogP contribution in [0.25, 0.3) is 11.3 Å². The first-order valence-electron chi connectivity index (χ1n) is 6.73. The van der Waals surface area contributed by atoms with Gasteiger partial charge in [0.1, 0.15) is 0 Å². The number of nitrogens with zero attached hydrogens (tertiary/aromatic N) is 1. The van der Waals surface area contributed by atoms with Gasteiger partial charge in [-0.1, -0.05) is 36.4 Å². The van der Waals surface area contributed by atoms with E-state index in [0.29, 0.717) is 10.7 Å². The van der Waals surface area contributed by atoms with Crippen molar-refractivity contribution >= 4 is 45.0 Å². The molecule has 3 rings (SSSR count). The van der Waals surface area contributed by atoms with Gasteiger partial charge in [-0.3, -0.25) is 10.1 Å². The molecule has 2 aromatic carbocycles. The predicted octanol–water partition coefficient (Wildman–Crippen LogP) is 4.98. The van der Waals surface area contributed by atoms with Crippen LogP contribution in [0.15, 0.2) is 54.6 Å². The SMILES string of the molecule is Cc1sc(NC(=O)c2cccc(I)c2)nc1-c1ccccc1. The van der Waals surface area contributed by atoms with E-state index >= 15 is 0 Å². The number of amides is 1.